The van der Waals surface area contributed by atoms with Crippen LogP contribution >= 0.6 is 0 Å². The Morgan fingerprint density at radius 2 is 2.16 bits per heavy atom. The maximum absolute atomic E-state index is 14.1. The van der Waals surface area contributed by atoms with Gasteiger partial charge in [-0.05, 0) is 30.9 Å². The topological polar surface area (TPSA) is 47.5 Å². The van der Waals surface area contributed by atoms with Gasteiger partial charge in [0.1, 0.15) is 17.3 Å². The lowest BCUT2D eigenvalue weighted by Crippen LogP contribution is -2.25. The summed E-state index contributed by atoms with van der Waals surface area (Å²) in [4.78, 5) is 10.7. The molecule has 6 heteroatoms. The highest BCUT2D eigenvalue weighted by atomic mass is 19.1. The molecule has 3 heterocycles. The number of ether oxygens (including phenoxy) is 2. The molecule has 5 nitrogen and oxygen atoms in total. The van der Waals surface area contributed by atoms with Gasteiger partial charge in [-0.1, -0.05) is 6.07 Å². The number of halogens is 1. The van der Waals surface area contributed by atoms with Gasteiger partial charge in [0.25, 0.3) is 0 Å². The van der Waals surface area contributed by atoms with Gasteiger partial charge in [0.2, 0.25) is 0 Å². The minimum Gasteiger partial charge on any atom is -0.497 e. The Balaban J connectivity index is 1.48. The maximum Gasteiger partial charge on any atom is 0.183 e. The first-order valence-electron chi connectivity index (χ1n) is 8.79. The van der Waals surface area contributed by atoms with Crippen molar-refractivity contribution in [3.05, 3.63) is 41.6 Å². The molecule has 1 aromatic heterocycles. The van der Waals surface area contributed by atoms with Gasteiger partial charge in [-0.15, -0.1) is 0 Å². The maximum atomic E-state index is 14.1. The molecule has 132 valence electrons. The monoisotopic (exact) mass is 343 g/mol. The average molecular weight is 343 g/mol. The van der Waals surface area contributed by atoms with Gasteiger partial charge < -0.3 is 14.4 Å². The Labute approximate surface area is 146 Å². The number of hydrogen-bond donors (Lipinski definition) is 0. The number of nitrogens with zero attached hydrogens (tertiary/aromatic N) is 3. The predicted molar refractivity (Wildman–Crippen MR) is 92.8 cm³/mol. The first kappa shape index (κ1) is 16.1. The van der Waals surface area contributed by atoms with E-state index in [0.717, 1.165) is 43.9 Å². The van der Waals surface area contributed by atoms with E-state index in [1.54, 1.807) is 7.11 Å². The molecular weight excluding hydrogens is 321 g/mol. The van der Waals surface area contributed by atoms with Crippen LogP contribution in [0.2, 0.25) is 0 Å². The summed E-state index contributed by atoms with van der Waals surface area (Å²) in [6, 6.07) is 5.91. The van der Waals surface area contributed by atoms with Crippen molar-refractivity contribution in [3.8, 4) is 11.5 Å². The fraction of sp³-hybridized carbons (Fsp3) is 0.474. The van der Waals surface area contributed by atoms with Gasteiger partial charge in [-0.2, -0.15) is 0 Å². The van der Waals surface area contributed by atoms with Crippen LogP contribution in [-0.4, -0.2) is 36.8 Å². The van der Waals surface area contributed by atoms with Crippen LogP contribution in [0.5, 0.6) is 11.5 Å². The lowest BCUT2D eigenvalue weighted by Gasteiger charge is -2.25. The predicted octanol–water partition coefficient (Wildman–Crippen LogP) is 3.02. The molecule has 0 spiro atoms. The molecule has 1 saturated heterocycles. The minimum absolute atomic E-state index is 0.290. The second-order valence-corrected chi connectivity index (χ2v) is 6.71. The standard InChI is InChI=1S/C19H22FN3O2/c1-24-15-5-4-14-8-13(12-25-17(14)10-15)9-18-21-11-16(20)19(22-18)23-6-2-3-7-23/h4-5,10-11,13H,2-3,6-9,12H2,1H3. The molecule has 1 atom stereocenters. The molecule has 0 radical (unpaired) electrons. The zero-order valence-electron chi connectivity index (χ0n) is 14.4. The fourth-order valence-electron chi connectivity index (χ4n) is 3.57. The first-order valence-corrected chi connectivity index (χ1v) is 8.79. The van der Waals surface area contributed by atoms with Crippen LogP contribution in [0.3, 0.4) is 0 Å². The second-order valence-electron chi connectivity index (χ2n) is 6.71. The molecule has 1 fully saturated rings. The number of fused-ring (bicyclic) bond motifs is 1. The molecule has 2 aromatic rings. The highest BCUT2D eigenvalue weighted by Gasteiger charge is 2.23. The van der Waals surface area contributed by atoms with E-state index in [4.69, 9.17) is 9.47 Å². The third-order valence-electron chi connectivity index (χ3n) is 4.91. The van der Waals surface area contributed by atoms with Crippen molar-refractivity contribution in [1.29, 1.82) is 0 Å². The highest BCUT2D eigenvalue weighted by molar-refractivity contribution is 5.42. The van der Waals surface area contributed by atoms with Crippen LogP contribution in [0, 0.1) is 11.7 Å². The average Bonchev–Trinajstić information content (AvgIpc) is 3.17. The van der Waals surface area contributed by atoms with Crippen molar-refractivity contribution in [1.82, 2.24) is 9.97 Å². The lowest BCUT2D eigenvalue weighted by molar-refractivity contribution is 0.218. The molecule has 25 heavy (non-hydrogen) atoms. The Morgan fingerprint density at radius 3 is 2.96 bits per heavy atom. The number of anilines is 1. The van der Waals surface area contributed by atoms with Crippen LogP contribution in [0.4, 0.5) is 10.2 Å². The van der Waals surface area contributed by atoms with Crippen LogP contribution in [0.1, 0.15) is 24.2 Å². The van der Waals surface area contributed by atoms with E-state index in [9.17, 15) is 4.39 Å². The van der Waals surface area contributed by atoms with Gasteiger partial charge in [0, 0.05) is 31.5 Å². The smallest absolute Gasteiger partial charge is 0.183 e. The van der Waals surface area contributed by atoms with Crippen molar-refractivity contribution < 1.29 is 13.9 Å². The van der Waals surface area contributed by atoms with E-state index in [0.29, 0.717) is 24.7 Å². The summed E-state index contributed by atoms with van der Waals surface area (Å²) in [6.45, 7) is 2.35. The van der Waals surface area contributed by atoms with E-state index in [-0.39, 0.29) is 11.7 Å². The lowest BCUT2D eigenvalue weighted by atomic mass is 9.93. The van der Waals surface area contributed by atoms with E-state index in [2.05, 4.69) is 9.97 Å². The molecule has 1 unspecified atom stereocenters. The summed E-state index contributed by atoms with van der Waals surface area (Å²) < 4.78 is 25.2. The number of methoxy groups -OCH3 is 1. The Morgan fingerprint density at radius 1 is 1.32 bits per heavy atom. The quantitative estimate of drug-likeness (QED) is 0.854. The van der Waals surface area contributed by atoms with E-state index in [1.165, 1.54) is 11.8 Å². The molecule has 1 aromatic carbocycles. The number of benzene rings is 1. The first-order chi connectivity index (χ1) is 12.2. The molecule has 0 saturated carbocycles. The van der Waals surface area contributed by atoms with Gasteiger partial charge in [-0.25, -0.2) is 14.4 Å². The summed E-state index contributed by atoms with van der Waals surface area (Å²) in [7, 11) is 1.65. The van der Waals surface area contributed by atoms with Crippen molar-refractivity contribution in [2.75, 3.05) is 31.7 Å². The van der Waals surface area contributed by atoms with Crippen LogP contribution in [0.15, 0.2) is 24.4 Å². The summed E-state index contributed by atoms with van der Waals surface area (Å²) >= 11 is 0. The largest absolute Gasteiger partial charge is 0.497 e. The zero-order chi connectivity index (χ0) is 17.2. The van der Waals surface area contributed by atoms with Gasteiger partial charge >= 0.3 is 0 Å². The SMILES string of the molecule is COc1ccc2c(c1)OCC(Cc1ncc(F)c(N3CCCC3)n1)C2. The third-order valence-corrected chi connectivity index (χ3v) is 4.91. The Hall–Kier alpha value is -2.37. The number of hydrogen-bond acceptors (Lipinski definition) is 5. The highest BCUT2D eigenvalue weighted by Crippen LogP contribution is 2.32. The Bertz CT molecular complexity index is 762. The summed E-state index contributed by atoms with van der Waals surface area (Å²) in [5.74, 6) is 2.78. The van der Waals surface area contributed by atoms with Crippen molar-refractivity contribution >= 4 is 5.82 Å². The zero-order valence-corrected chi connectivity index (χ0v) is 14.4. The summed E-state index contributed by atoms with van der Waals surface area (Å²) in [5.41, 5.74) is 1.17. The summed E-state index contributed by atoms with van der Waals surface area (Å²) in [6.07, 6.45) is 5.08. The molecule has 0 amide bonds. The molecule has 4 rings (SSSR count). The van der Waals surface area contributed by atoms with Gasteiger partial charge in [0.15, 0.2) is 11.6 Å². The van der Waals surface area contributed by atoms with E-state index < -0.39 is 0 Å². The van der Waals surface area contributed by atoms with Gasteiger partial charge in [-0.3, -0.25) is 0 Å². The molecule has 0 N–H and O–H groups in total. The summed E-state index contributed by atoms with van der Waals surface area (Å²) in [5, 5.41) is 0. The Kier molecular flexibility index (Phi) is 4.42. The van der Waals surface area contributed by atoms with Crippen molar-refractivity contribution in [2.24, 2.45) is 5.92 Å². The van der Waals surface area contributed by atoms with Gasteiger partial charge in [0.05, 0.1) is 19.9 Å². The number of rotatable bonds is 4. The van der Waals surface area contributed by atoms with E-state index in [1.807, 2.05) is 23.1 Å². The van der Waals surface area contributed by atoms with Crippen molar-refractivity contribution in [2.45, 2.75) is 25.7 Å². The normalized spacial score (nSPS) is 19.4. The van der Waals surface area contributed by atoms with Crippen LogP contribution in [-0.2, 0) is 12.8 Å². The van der Waals surface area contributed by atoms with Crippen LogP contribution < -0.4 is 14.4 Å². The fourth-order valence-corrected chi connectivity index (χ4v) is 3.57. The molecule has 2 aliphatic rings. The van der Waals surface area contributed by atoms with E-state index >= 15 is 0 Å². The number of aromatic nitrogens is 2. The van der Waals surface area contributed by atoms with Crippen molar-refractivity contribution in [3.63, 3.8) is 0 Å². The molecule has 0 aliphatic carbocycles. The third kappa shape index (κ3) is 3.38. The molecule has 2 aliphatic heterocycles. The molecular formula is C19H22FN3O2. The molecule has 0 bridgehead atoms. The minimum atomic E-state index is -0.331. The second kappa shape index (κ2) is 6.86. The van der Waals surface area contributed by atoms with Crippen LogP contribution in [0.25, 0.3) is 0 Å².